The lowest BCUT2D eigenvalue weighted by molar-refractivity contribution is -0.136. The van der Waals surface area contributed by atoms with Crippen LogP contribution in [0.4, 0.5) is 5.82 Å². The average molecular weight is 359 g/mol. The highest BCUT2D eigenvalue weighted by Crippen LogP contribution is 2.39. The molecule has 0 spiro atoms. The molecule has 8 nitrogen and oxygen atoms in total. The molecule has 0 aliphatic carbocycles. The SMILES string of the molecule is COc1ccccc1C1(CNC(=O)C(=O)Nc2ccon2)CCOCC1. The maximum atomic E-state index is 12.2. The lowest BCUT2D eigenvalue weighted by atomic mass is 9.73. The zero-order valence-corrected chi connectivity index (χ0v) is 14.5. The second-order valence-electron chi connectivity index (χ2n) is 6.11. The second-order valence-corrected chi connectivity index (χ2v) is 6.11. The van der Waals surface area contributed by atoms with E-state index in [0.717, 1.165) is 24.2 Å². The van der Waals surface area contributed by atoms with Gasteiger partial charge in [0.25, 0.3) is 0 Å². The van der Waals surface area contributed by atoms with Crippen molar-refractivity contribution in [1.82, 2.24) is 10.5 Å². The molecule has 0 unspecified atom stereocenters. The van der Waals surface area contributed by atoms with Crippen molar-refractivity contribution in [1.29, 1.82) is 0 Å². The van der Waals surface area contributed by atoms with Gasteiger partial charge in [0.05, 0.1) is 7.11 Å². The average Bonchev–Trinajstić information content (AvgIpc) is 3.19. The zero-order chi connectivity index (χ0) is 18.4. The number of anilines is 1. The number of hydrogen-bond acceptors (Lipinski definition) is 6. The molecule has 1 aromatic heterocycles. The van der Waals surface area contributed by atoms with E-state index in [0.29, 0.717) is 19.8 Å². The van der Waals surface area contributed by atoms with E-state index in [-0.39, 0.29) is 11.2 Å². The molecular formula is C18H21N3O5. The van der Waals surface area contributed by atoms with Crippen LogP contribution in [-0.2, 0) is 19.7 Å². The first kappa shape index (κ1) is 17.9. The first-order chi connectivity index (χ1) is 12.6. The molecule has 1 aliphatic heterocycles. The number of para-hydroxylation sites is 1. The van der Waals surface area contributed by atoms with Gasteiger partial charge in [-0.3, -0.25) is 14.9 Å². The van der Waals surface area contributed by atoms with Crippen molar-refractivity contribution in [2.45, 2.75) is 18.3 Å². The minimum absolute atomic E-state index is 0.190. The Morgan fingerprint density at radius 2 is 1.96 bits per heavy atom. The third kappa shape index (κ3) is 3.85. The lowest BCUT2D eigenvalue weighted by Gasteiger charge is -2.38. The summed E-state index contributed by atoms with van der Waals surface area (Å²) >= 11 is 0. The predicted octanol–water partition coefficient (Wildman–Crippen LogP) is 1.49. The van der Waals surface area contributed by atoms with E-state index in [2.05, 4.69) is 20.3 Å². The van der Waals surface area contributed by atoms with Gasteiger partial charge in [0.1, 0.15) is 12.0 Å². The van der Waals surface area contributed by atoms with Crippen LogP contribution >= 0.6 is 0 Å². The molecule has 2 aromatic rings. The summed E-state index contributed by atoms with van der Waals surface area (Å²) in [5, 5.41) is 8.67. The maximum Gasteiger partial charge on any atom is 0.314 e. The molecule has 1 aromatic carbocycles. The molecule has 2 amide bonds. The van der Waals surface area contributed by atoms with E-state index in [4.69, 9.17) is 9.47 Å². The highest BCUT2D eigenvalue weighted by Gasteiger charge is 2.37. The number of nitrogens with one attached hydrogen (secondary N) is 2. The minimum atomic E-state index is -0.791. The molecule has 1 saturated heterocycles. The quantitative estimate of drug-likeness (QED) is 0.784. The molecule has 0 saturated carbocycles. The van der Waals surface area contributed by atoms with Crippen molar-refractivity contribution in [3.05, 3.63) is 42.2 Å². The fourth-order valence-electron chi connectivity index (χ4n) is 3.17. The summed E-state index contributed by atoms with van der Waals surface area (Å²) in [6.45, 7) is 1.47. The highest BCUT2D eigenvalue weighted by atomic mass is 16.5. The van der Waals surface area contributed by atoms with Gasteiger partial charge in [0, 0.05) is 36.8 Å². The Labute approximate surface area is 150 Å². The standard InChI is InChI=1S/C18H21N3O5/c1-24-14-5-3-2-4-13(14)18(7-10-25-11-8-18)12-19-16(22)17(23)20-15-6-9-26-21-15/h2-6,9H,7-8,10-12H2,1H3,(H,19,22)(H,20,21,23). The predicted molar refractivity (Wildman–Crippen MR) is 92.9 cm³/mol. The number of methoxy groups -OCH3 is 1. The molecule has 8 heteroatoms. The van der Waals surface area contributed by atoms with E-state index in [1.165, 1.54) is 12.3 Å². The smallest absolute Gasteiger partial charge is 0.314 e. The van der Waals surface area contributed by atoms with Crippen LogP contribution in [0.25, 0.3) is 0 Å². The molecule has 0 atom stereocenters. The van der Waals surface area contributed by atoms with E-state index in [1.807, 2.05) is 24.3 Å². The van der Waals surface area contributed by atoms with Crippen molar-refractivity contribution in [2.75, 3.05) is 32.2 Å². The van der Waals surface area contributed by atoms with Crippen LogP contribution in [0.2, 0.25) is 0 Å². The molecule has 0 radical (unpaired) electrons. The number of carbonyl (C=O) groups is 2. The molecule has 1 fully saturated rings. The third-order valence-corrected chi connectivity index (χ3v) is 4.60. The van der Waals surface area contributed by atoms with Crippen molar-refractivity contribution in [3.63, 3.8) is 0 Å². The van der Waals surface area contributed by atoms with Gasteiger partial charge >= 0.3 is 11.8 Å². The number of nitrogens with zero attached hydrogens (tertiary/aromatic N) is 1. The maximum absolute atomic E-state index is 12.2. The van der Waals surface area contributed by atoms with Gasteiger partial charge < -0.3 is 19.3 Å². The third-order valence-electron chi connectivity index (χ3n) is 4.60. The number of ether oxygens (including phenoxy) is 2. The first-order valence-electron chi connectivity index (χ1n) is 8.35. The van der Waals surface area contributed by atoms with Crippen LogP contribution < -0.4 is 15.4 Å². The molecule has 3 rings (SSSR count). The first-order valence-corrected chi connectivity index (χ1v) is 8.35. The Morgan fingerprint density at radius 3 is 2.65 bits per heavy atom. The van der Waals surface area contributed by atoms with Gasteiger partial charge in [-0.05, 0) is 18.9 Å². The Bertz CT molecular complexity index is 754. The molecule has 138 valence electrons. The van der Waals surface area contributed by atoms with Crippen molar-refractivity contribution in [2.24, 2.45) is 0 Å². The Morgan fingerprint density at radius 1 is 1.19 bits per heavy atom. The molecule has 2 heterocycles. The molecule has 26 heavy (non-hydrogen) atoms. The summed E-state index contributed by atoms with van der Waals surface area (Å²) in [5.74, 6) is -0.568. The van der Waals surface area contributed by atoms with E-state index >= 15 is 0 Å². The fourth-order valence-corrected chi connectivity index (χ4v) is 3.17. The Hall–Kier alpha value is -2.87. The summed E-state index contributed by atoms with van der Waals surface area (Å²) in [6.07, 6.45) is 2.75. The highest BCUT2D eigenvalue weighted by molar-refractivity contribution is 6.39. The Kier molecular flexibility index (Phi) is 5.52. The van der Waals surface area contributed by atoms with Crippen LogP contribution in [0, 0.1) is 0 Å². The molecule has 2 N–H and O–H groups in total. The monoisotopic (exact) mass is 359 g/mol. The minimum Gasteiger partial charge on any atom is -0.496 e. The number of hydrogen-bond donors (Lipinski definition) is 2. The van der Waals surface area contributed by atoms with Crippen molar-refractivity contribution < 1.29 is 23.6 Å². The van der Waals surface area contributed by atoms with Gasteiger partial charge in [-0.2, -0.15) is 0 Å². The van der Waals surface area contributed by atoms with Gasteiger partial charge in [0.15, 0.2) is 5.82 Å². The van der Waals surface area contributed by atoms with Gasteiger partial charge in [0.2, 0.25) is 0 Å². The van der Waals surface area contributed by atoms with Crippen molar-refractivity contribution in [3.8, 4) is 5.75 Å². The molecular weight excluding hydrogens is 338 g/mol. The van der Waals surface area contributed by atoms with Crippen LogP contribution in [0.3, 0.4) is 0 Å². The van der Waals surface area contributed by atoms with Crippen molar-refractivity contribution >= 4 is 17.6 Å². The molecule has 1 aliphatic rings. The summed E-state index contributed by atoms with van der Waals surface area (Å²) in [6, 6.07) is 9.19. The zero-order valence-electron chi connectivity index (χ0n) is 14.5. The molecule has 0 bridgehead atoms. The number of amides is 2. The topological polar surface area (TPSA) is 103 Å². The summed E-state index contributed by atoms with van der Waals surface area (Å²) < 4.78 is 15.6. The van der Waals surface area contributed by atoms with Gasteiger partial charge in [-0.15, -0.1) is 0 Å². The van der Waals surface area contributed by atoms with E-state index < -0.39 is 11.8 Å². The van der Waals surface area contributed by atoms with E-state index in [9.17, 15) is 9.59 Å². The van der Waals surface area contributed by atoms with E-state index in [1.54, 1.807) is 7.11 Å². The summed E-state index contributed by atoms with van der Waals surface area (Å²) in [7, 11) is 1.62. The normalized spacial score (nSPS) is 15.9. The van der Waals surface area contributed by atoms with Crippen LogP contribution in [-0.4, -0.2) is 43.8 Å². The summed E-state index contributed by atoms with van der Waals surface area (Å²) in [4.78, 5) is 24.2. The fraction of sp³-hybridized carbons (Fsp3) is 0.389. The largest absolute Gasteiger partial charge is 0.496 e. The van der Waals surface area contributed by atoms with Crippen LogP contribution in [0.5, 0.6) is 5.75 Å². The number of benzene rings is 1. The van der Waals surface area contributed by atoms with Gasteiger partial charge in [-0.25, -0.2) is 0 Å². The van der Waals surface area contributed by atoms with Crippen LogP contribution in [0.1, 0.15) is 18.4 Å². The van der Waals surface area contributed by atoms with Crippen LogP contribution in [0.15, 0.2) is 41.1 Å². The second kappa shape index (κ2) is 8.01. The number of aromatic nitrogens is 1. The number of rotatable bonds is 5. The number of carbonyl (C=O) groups excluding carboxylic acids is 2. The van der Waals surface area contributed by atoms with Gasteiger partial charge in [-0.1, -0.05) is 23.4 Å². The lowest BCUT2D eigenvalue weighted by Crippen LogP contribution is -2.47. The Balaban J connectivity index is 1.72. The summed E-state index contributed by atoms with van der Waals surface area (Å²) in [5.41, 5.74) is 0.650.